The van der Waals surface area contributed by atoms with Crippen LogP contribution in [-0.4, -0.2) is 11.8 Å². The lowest BCUT2D eigenvalue weighted by Gasteiger charge is -2.22. The normalized spacial score (nSPS) is 22.5. The number of hydrogen-bond donors (Lipinski definition) is 0. The second-order valence-corrected chi connectivity index (χ2v) is 5.85. The van der Waals surface area contributed by atoms with Gasteiger partial charge in [0.1, 0.15) is 11.7 Å². The first kappa shape index (κ1) is 12.6. The number of carbonyl (C=O) groups excluding carboxylic acids is 2. The Hall–Kier alpha value is -1.42. The van der Waals surface area contributed by atoms with Crippen molar-refractivity contribution in [3.05, 3.63) is 45.1 Å². The Morgan fingerprint density at radius 2 is 2.05 bits per heavy atom. The molecular weight excluding hydrogens is 308 g/mol. The zero-order valence-electron chi connectivity index (χ0n) is 10.5. The number of benzene rings is 1. The molecule has 1 aromatic rings. The van der Waals surface area contributed by atoms with E-state index < -0.39 is 11.9 Å². The van der Waals surface area contributed by atoms with Crippen LogP contribution in [0.3, 0.4) is 0 Å². The summed E-state index contributed by atoms with van der Waals surface area (Å²) >= 11 is 3.43. The van der Waals surface area contributed by atoms with Crippen LogP contribution in [0.15, 0.2) is 34.0 Å². The monoisotopic (exact) mass is 320 g/mol. The van der Waals surface area contributed by atoms with Gasteiger partial charge in [0.2, 0.25) is 0 Å². The SMILES string of the molecule is Cc1ccc(C2C(=O)OC3=C(CCC3)C2=O)c(Br)c1. The maximum atomic E-state index is 12.5. The molecule has 0 saturated heterocycles. The number of aryl methyl sites for hydroxylation is 1. The first-order chi connectivity index (χ1) is 9.08. The van der Waals surface area contributed by atoms with E-state index in [2.05, 4.69) is 15.9 Å². The van der Waals surface area contributed by atoms with Gasteiger partial charge in [-0.3, -0.25) is 9.59 Å². The van der Waals surface area contributed by atoms with Crippen LogP contribution in [0.25, 0.3) is 0 Å². The van der Waals surface area contributed by atoms with Gasteiger partial charge in [-0.25, -0.2) is 0 Å². The number of halogens is 1. The molecule has 0 aromatic heterocycles. The summed E-state index contributed by atoms with van der Waals surface area (Å²) in [5.41, 5.74) is 2.48. The van der Waals surface area contributed by atoms with Crippen molar-refractivity contribution >= 4 is 27.7 Å². The van der Waals surface area contributed by atoms with Crippen molar-refractivity contribution in [1.29, 1.82) is 0 Å². The number of ether oxygens (including phenoxy) is 1. The lowest BCUT2D eigenvalue weighted by molar-refractivity contribution is -0.146. The van der Waals surface area contributed by atoms with Gasteiger partial charge in [0.05, 0.1) is 0 Å². The molecular formula is C15H13BrO3. The molecule has 0 amide bonds. The largest absolute Gasteiger partial charge is 0.430 e. The van der Waals surface area contributed by atoms with Gasteiger partial charge in [0, 0.05) is 16.5 Å². The van der Waals surface area contributed by atoms with Crippen LogP contribution in [-0.2, 0) is 14.3 Å². The summed E-state index contributed by atoms with van der Waals surface area (Å²) in [4.78, 5) is 24.6. The number of allylic oxidation sites excluding steroid dienone is 2. The van der Waals surface area contributed by atoms with Gasteiger partial charge < -0.3 is 4.74 Å². The van der Waals surface area contributed by atoms with E-state index in [9.17, 15) is 9.59 Å². The van der Waals surface area contributed by atoms with E-state index in [0.717, 1.165) is 22.9 Å². The molecule has 0 spiro atoms. The molecule has 1 unspecified atom stereocenters. The van der Waals surface area contributed by atoms with Crippen LogP contribution in [0, 0.1) is 6.92 Å². The molecule has 3 rings (SSSR count). The van der Waals surface area contributed by atoms with Gasteiger partial charge in [-0.2, -0.15) is 0 Å². The van der Waals surface area contributed by atoms with E-state index in [-0.39, 0.29) is 5.78 Å². The summed E-state index contributed by atoms with van der Waals surface area (Å²) in [5, 5.41) is 0. The van der Waals surface area contributed by atoms with Gasteiger partial charge >= 0.3 is 5.97 Å². The third-order valence-corrected chi connectivity index (χ3v) is 4.34. The molecule has 1 aliphatic carbocycles. The van der Waals surface area contributed by atoms with Gasteiger partial charge in [0.15, 0.2) is 5.78 Å². The van der Waals surface area contributed by atoms with Crippen LogP contribution in [0.1, 0.15) is 36.3 Å². The zero-order chi connectivity index (χ0) is 13.6. The summed E-state index contributed by atoms with van der Waals surface area (Å²) in [5.74, 6) is -0.759. The zero-order valence-corrected chi connectivity index (χ0v) is 12.1. The molecule has 0 radical (unpaired) electrons. The minimum Gasteiger partial charge on any atom is -0.430 e. The first-order valence-corrected chi connectivity index (χ1v) is 7.11. The summed E-state index contributed by atoms with van der Waals surface area (Å²) in [6.07, 6.45) is 2.32. The maximum Gasteiger partial charge on any atom is 0.326 e. The quantitative estimate of drug-likeness (QED) is 0.588. The molecule has 1 heterocycles. The molecule has 0 bridgehead atoms. The third-order valence-electron chi connectivity index (χ3n) is 3.65. The summed E-state index contributed by atoms with van der Waals surface area (Å²) in [6, 6.07) is 5.64. The molecule has 1 aliphatic heterocycles. The Morgan fingerprint density at radius 1 is 1.26 bits per heavy atom. The minimum absolute atomic E-state index is 0.0895. The van der Waals surface area contributed by atoms with E-state index in [1.54, 1.807) is 0 Å². The van der Waals surface area contributed by atoms with Crippen LogP contribution < -0.4 is 0 Å². The van der Waals surface area contributed by atoms with Gasteiger partial charge in [-0.05, 0) is 37.0 Å². The topological polar surface area (TPSA) is 43.4 Å². The second kappa shape index (κ2) is 4.60. The molecule has 1 atom stereocenters. The van der Waals surface area contributed by atoms with Crippen LogP contribution >= 0.6 is 15.9 Å². The fourth-order valence-electron chi connectivity index (χ4n) is 2.69. The Kier molecular flexibility index (Phi) is 3.05. The van der Waals surface area contributed by atoms with E-state index >= 15 is 0 Å². The smallest absolute Gasteiger partial charge is 0.326 e. The molecule has 0 saturated carbocycles. The number of carbonyl (C=O) groups is 2. The van der Waals surface area contributed by atoms with Crippen molar-refractivity contribution in [3.63, 3.8) is 0 Å². The molecule has 3 nitrogen and oxygen atoms in total. The van der Waals surface area contributed by atoms with Crippen molar-refractivity contribution in [3.8, 4) is 0 Å². The molecule has 4 heteroatoms. The van der Waals surface area contributed by atoms with E-state index in [1.165, 1.54) is 0 Å². The van der Waals surface area contributed by atoms with E-state index in [0.29, 0.717) is 23.3 Å². The Morgan fingerprint density at radius 3 is 2.79 bits per heavy atom. The summed E-state index contributed by atoms with van der Waals surface area (Å²) < 4.78 is 6.11. The second-order valence-electron chi connectivity index (χ2n) is 5.00. The highest BCUT2D eigenvalue weighted by Crippen LogP contribution is 2.39. The molecule has 0 N–H and O–H groups in total. The Labute approximate surface area is 119 Å². The van der Waals surface area contributed by atoms with Gasteiger partial charge in [-0.15, -0.1) is 0 Å². The van der Waals surface area contributed by atoms with Crippen LogP contribution in [0.5, 0.6) is 0 Å². The minimum atomic E-state index is -0.813. The summed E-state index contributed by atoms with van der Waals surface area (Å²) in [7, 11) is 0. The number of ketones is 1. The van der Waals surface area contributed by atoms with Crippen molar-refractivity contribution in [2.24, 2.45) is 0 Å². The standard InChI is InChI=1S/C15H13BrO3/c1-8-5-6-9(11(16)7-8)13-14(17)10-3-2-4-12(10)19-15(13)18/h5-7,13H,2-4H2,1H3. The third kappa shape index (κ3) is 2.04. The predicted molar refractivity (Wildman–Crippen MR) is 73.6 cm³/mol. The Balaban J connectivity index is 2.05. The average molecular weight is 321 g/mol. The van der Waals surface area contributed by atoms with E-state index in [4.69, 9.17) is 4.74 Å². The fourth-order valence-corrected chi connectivity index (χ4v) is 3.41. The highest BCUT2D eigenvalue weighted by molar-refractivity contribution is 9.10. The molecule has 98 valence electrons. The molecule has 1 aromatic carbocycles. The highest BCUT2D eigenvalue weighted by atomic mass is 79.9. The van der Waals surface area contributed by atoms with Crippen molar-refractivity contribution in [2.75, 3.05) is 0 Å². The maximum absolute atomic E-state index is 12.5. The van der Waals surface area contributed by atoms with Gasteiger partial charge in [-0.1, -0.05) is 28.1 Å². The lowest BCUT2D eigenvalue weighted by atomic mass is 9.88. The number of hydrogen-bond acceptors (Lipinski definition) is 3. The molecule has 19 heavy (non-hydrogen) atoms. The Bertz CT molecular complexity index is 616. The summed E-state index contributed by atoms with van der Waals surface area (Å²) in [6.45, 7) is 1.97. The first-order valence-electron chi connectivity index (χ1n) is 6.32. The lowest BCUT2D eigenvalue weighted by Crippen LogP contribution is -2.30. The van der Waals surface area contributed by atoms with E-state index in [1.807, 2.05) is 25.1 Å². The number of esters is 1. The van der Waals surface area contributed by atoms with Crippen molar-refractivity contribution in [1.82, 2.24) is 0 Å². The predicted octanol–water partition coefficient (Wildman–Crippen LogP) is 3.41. The molecule has 2 aliphatic rings. The van der Waals surface area contributed by atoms with Gasteiger partial charge in [0.25, 0.3) is 0 Å². The van der Waals surface area contributed by atoms with Crippen LogP contribution in [0.4, 0.5) is 0 Å². The fraction of sp³-hybridized carbons (Fsp3) is 0.333. The van der Waals surface area contributed by atoms with Crippen molar-refractivity contribution < 1.29 is 14.3 Å². The molecule has 0 fully saturated rings. The number of rotatable bonds is 1. The average Bonchev–Trinajstić information content (AvgIpc) is 2.80. The van der Waals surface area contributed by atoms with Crippen LogP contribution in [0.2, 0.25) is 0 Å². The number of Topliss-reactive ketones (excluding diaryl/α,β-unsaturated/α-hetero) is 1. The van der Waals surface area contributed by atoms with Crippen molar-refractivity contribution in [2.45, 2.75) is 32.1 Å². The highest BCUT2D eigenvalue weighted by Gasteiger charge is 2.41.